The summed E-state index contributed by atoms with van der Waals surface area (Å²) in [6, 6.07) is 0.456. The van der Waals surface area contributed by atoms with Crippen LogP contribution in [-0.2, 0) is 4.79 Å². The van der Waals surface area contributed by atoms with Crippen molar-refractivity contribution >= 4 is 5.91 Å². The van der Waals surface area contributed by atoms with Crippen LogP contribution in [0.3, 0.4) is 0 Å². The molecule has 2 heteroatoms. The molecular weight excluding hydrogens is 294 g/mol. The van der Waals surface area contributed by atoms with Crippen molar-refractivity contribution in [2.24, 2.45) is 40.4 Å². The van der Waals surface area contributed by atoms with Crippen LogP contribution in [0.25, 0.3) is 0 Å². The monoisotopic (exact) mass is 331 g/mol. The summed E-state index contributed by atoms with van der Waals surface area (Å²) in [5.41, 5.74) is 0.973. The summed E-state index contributed by atoms with van der Waals surface area (Å²) in [5, 5.41) is 3.36. The molecule has 0 spiro atoms. The predicted molar refractivity (Wildman–Crippen MR) is 98.5 cm³/mol. The van der Waals surface area contributed by atoms with Crippen LogP contribution in [0, 0.1) is 40.4 Å². The van der Waals surface area contributed by atoms with Gasteiger partial charge in [0.15, 0.2) is 0 Å². The summed E-state index contributed by atoms with van der Waals surface area (Å²) in [4.78, 5) is 11.9. The Kier molecular flexibility index (Phi) is 4.05. The third-order valence-corrected chi connectivity index (χ3v) is 9.05. The van der Waals surface area contributed by atoms with E-state index >= 15 is 0 Å². The van der Waals surface area contributed by atoms with Gasteiger partial charge in [-0.3, -0.25) is 4.79 Å². The highest BCUT2D eigenvalue weighted by Crippen LogP contribution is 2.66. The molecule has 1 amide bonds. The van der Waals surface area contributed by atoms with E-state index in [0.717, 1.165) is 42.4 Å². The van der Waals surface area contributed by atoms with Crippen LogP contribution in [0.2, 0.25) is 0 Å². The number of piperidine rings is 1. The molecule has 1 N–H and O–H groups in total. The Morgan fingerprint density at radius 1 is 1.00 bits per heavy atom. The molecule has 0 aromatic heterocycles. The predicted octanol–water partition coefficient (Wildman–Crippen LogP) is 5.17. The van der Waals surface area contributed by atoms with E-state index in [1.807, 2.05) is 0 Å². The van der Waals surface area contributed by atoms with Gasteiger partial charge in [0.05, 0.1) is 0 Å². The van der Waals surface area contributed by atoms with Gasteiger partial charge in [-0.15, -0.1) is 0 Å². The summed E-state index contributed by atoms with van der Waals surface area (Å²) in [6.07, 6.45) is 11.7. The number of hydrogen-bond donors (Lipinski definition) is 1. The molecule has 136 valence electrons. The number of amides is 1. The lowest BCUT2D eigenvalue weighted by atomic mass is 9.47. The van der Waals surface area contributed by atoms with Gasteiger partial charge in [0.2, 0.25) is 5.91 Å². The van der Waals surface area contributed by atoms with Crippen LogP contribution in [0.1, 0.15) is 85.5 Å². The Balaban J connectivity index is 1.57. The van der Waals surface area contributed by atoms with Crippen LogP contribution >= 0.6 is 0 Å². The maximum atomic E-state index is 11.9. The van der Waals surface area contributed by atoms with Crippen LogP contribution in [0.4, 0.5) is 0 Å². The quantitative estimate of drug-likeness (QED) is 0.743. The van der Waals surface area contributed by atoms with Gasteiger partial charge in [0, 0.05) is 12.5 Å². The molecule has 7 atom stereocenters. The molecule has 1 aliphatic heterocycles. The Morgan fingerprint density at radius 2 is 1.75 bits per heavy atom. The fraction of sp³-hybridized carbons (Fsp3) is 0.955. The summed E-state index contributed by atoms with van der Waals surface area (Å²) in [5.74, 6) is 4.83. The molecule has 0 unspecified atom stereocenters. The number of fused-ring (bicyclic) bond motifs is 5. The third-order valence-electron chi connectivity index (χ3n) is 9.05. The molecule has 4 rings (SSSR count). The zero-order chi connectivity index (χ0) is 17.1. The average molecular weight is 332 g/mol. The molecule has 4 aliphatic rings. The van der Waals surface area contributed by atoms with Crippen LogP contribution in [0.15, 0.2) is 0 Å². The molecule has 0 bridgehead atoms. The average Bonchev–Trinajstić information content (AvgIpc) is 2.84. The molecule has 0 aromatic carbocycles. The van der Waals surface area contributed by atoms with E-state index < -0.39 is 0 Å². The summed E-state index contributed by atoms with van der Waals surface area (Å²) in [6.45, 7) is 9.96. The van der Waals surface area contributed by atoms with Gasteiger partial charge in [-0.1, -0.05) is 27.7 Å². The Bertz CT molecular complexity index is 514. The first kappa shape index (κ1) is 16.9. The maximum absolute atomic E-state index is 11.9. The summed E-state index contributed by atoms with van der Waals surface area (Å²) < 4.78 is 0. The van der Waals surface area contributed by atoms with Crippen molar-refractivity contribution in [2.75, 3.05) is 0 Å². The Hall–Kier alpha value is -0.530. The maximum Gasteiger partial charge on any atom is 0.220 e. The zero-order valence-electron chi connectivity index (χ0n) is 16.2. The van der Waals surface area contributed by atoms with Gasteiger partial charge in [-0.2, -0.15) is 0 Å². The van der Waals surface area contributed by atoms with Gasteiger partial charge >= 0.3 is 0 Å². The van der Waals surface area contributed by atoms with Crippen molar-refractivity contribution in [3.8, 4) is 0 Å². The highest BCUT2D eigenvalue weighted by molar-refractivity contribution is 5.77. The van der Waals surface area contributed by atoms with Gasteiger partial charge in [-0.05, 0) is 91.8 Å². The van der Waals surface area contributed by atoms with E-state index in [4.69, 9.17) is 0 Å². The molecule has 0 aromatic rings. The van der Waals surface area contributed by atoms with Gasteiger partial charge in [0.25, 0.3) is 0 Å². The van der Waals surface area contributed by atoms with E-state index in [1.165, 1.54) is 44.9 Å². The van der Waals surface area contributed by atoms with Crippen LogP contribution < -0.4 is 5.32 Å². The lowest BCUT2D eigenvalue weighted by molar-refractivity contribution is -0.136. The zero-order valence-corrected chi connectivity index (χ0v) is 16.2. The van der Waals surface area contributed by atoms with Gasteiger partial charge in [0.1, 0.15) is 0 Å². The molecule has 0 radical (unpaired) electrons. The highest BCUT2D eigenvalue weighted by atomic mass is 16.1. The van der Waals surface area contributed by atoms with E-state index in [0.29, 0.717) is 22.8 Å². The minimum Gasteiger partial charge on any atom is -0.353 e. The number of nitrogens with one attached hydrogen (secondary N) is 1. The fourth-order valence-corrected chi connectivity index (χ4v) is 7.77. The molecule has 2 nitrogen and oxygen atoms in total. The van der Waals surface area contributed by atoms with E-state index in [1.54, 1.807) is 0 Å². The first-order valence-corrected chi connectivity index (χ1v) is 10.6. The SMILES string of the molecule is CC(C)C[C@H]1CC[C@H]2[C@@H]3CC[C@H]4NC(=O)CC[C@]4(C)[C@H]3CC[C@]12C. The minimum absolute atomic E-state index is 0.300. The van der Waals surface area contributed by atoms with E-state index in [2.05, 4.69) is 33.0 Å². The molecular formula is C22H37NO. The third kappa shape index (κ3) is 2.38. The lowest BCUT2D eigenvalue weighted by Gasteiger charge is -2.60. The molecule has 1 saturated heterocycles. The number of carbonyl (C=O) groups excluding carboxylic acids is 1. The van der Waals surface area contributed by atoms with E-state index in [9.17, 15) is 4.79 Å². The molecule has 3 saturated carbocycles. The lowest BCUT2D eigenvalue weighted by Crippen LogP contribution is -2.61. The van der Waals surface area contributed by atoms with Gasteiger partial charge in [-0.25, -0.2) is 0 Å². The topological polar surface area (TPSA) is 29.1 Å². The molecule has 3 aliphatic carbocycles. The van der Waals surface area contributed by atoms with Crippen LogP contribution in [-0.4, -0.2) is 11.9 Å². The number of hydrogen-bond acceptors (Lipinski definition) is 1. The van der Waals surface area contributed by atoms with Crippen molar-refractivity contribution in [1.82, 2.24) is 5.32 Å². The first-order chi connectivity index (χ1) is 11.3. The van der Waals surface area contributed by atoms with Crippen LogP contribution in [0.5, 0.6) is 0 Å². The minimum atomic E-state index is 0.300. The molecule has 4 fully saturated rings. The first-order valence-electron chi connectivity index (χ1n) is 10.6. The normalized spacial score (nSPS) is 50.9. The van der Waals surface area contributed by atoms with Crippen molar-refractivity contribution in [3.05, 3.63) is 0 Å². The smallest absolute Gasteiger partial charge is 0.220 e. The Labute approximate surface area is 148 Å². The number of carbonyl (C=O) groups is 1. The molecule has 24 heavy (non-hydrogen) atoms. The highest BCUT2D eigenvalue weighted by Gasteiger charge is 2.60. The summed E-state index contributed by atoms with van der Waals surface area (Å²) >= 11 is 0. The largest absolute Gasteiger partial charge is 0.353 e. The second-order valence-electron chi connectivity index (χ2n) is 10.5. The summed E-state index contributed by atoms with van der Waals surface area (Å²) in [7, 11) is 0. The second kappa shape index (κ2) is 5.74. The fourth-order valence-electron chi connectivity index (χ4n) is 7.77. The van der Waals surface area contributed by atoms with Gasteiger partial charge < -0.3 is 5.32 Å². The number of rotatable bonds is 2. The van der Waals surface area contributed by atoms with Crippen molar-refractivity contribution in [3.63, 3.8) is 0 Å². The van der Waals surface area contributed by atoms with E-state index in [-0.39, 0.29) is 0 Å². The van der Waals surface area contributed by atoms with Crippen molar-refractivity contribution in [1.29, 1.82) is 0 Å². The van der Waals surface area contributed by atoms with Crippen molar-refractivity contribution in [2.45, 2.75) is 91.5 Å². The molecule has 1 heterocycles. The second-order valence-corrected chi connectivity index (χ2v) is 10.5. The Morgan fingerprint density at radius 3 is 2.50 bits per heavy atom. The van der Waals surface area contributed by atoms with Crippen molar-refractivity contribution < 1.29 is 4.79 Å². The standard InChI is InChI=1S/C22H37NO/c1-14(2)13-15-5-7-17-16-6-8-19-22(4,12-10-20(24)23-19)18(16)9-11-21(15,17)3/h14-19H,5-13H2,1-4H3,(H,23,24)/t15-,16+,17+,18+,19-,21-,22-/m1/s1.